The van der Waals surface area contributed by atoms with Crippen LogP contribution in [-0.4, -0.2) is 85.6 Å². The van der Waals surface area contributed by atoms with E-state index < -0.39 is 6.29 Å². The summed E-state index contributed by atoms with van der Waals surface area (Å²) in [6.07, 6.45) is 1.53. The summed E-state index contributed by atoms with van der Waals surface area (Å²) in [5.74, 6) is 5.76. The monoisotopic (exact) mass is 1170 g/mol. The van der Waals surface area contributed by atoms with Gasteiger partial charge in [0.05, 0.1) is 52.0 Å². The van der Waals surface area contributed by atoms with E-state index in [4.69, 9.17) is 60.3 Å². The van der Waals surface area contributed by atoms with Gasteiger partial charge in [0, 0.05) is 46.9 Å². The van der Waals surface area contributed by atoms with E-state index in [1.54, 1.807) is 69.9 Å². The zero-order chi connectivity index (χ0) is 58.3. The van der Waals surface area contributed by atoms with Gasteiger partial charge in [-0.1, -0.05) is 64.5 Å². The number of aromatic hydroxyl groups is 1. The Labute approximate surface area is 474 Å². The number of rotatable bonds is 19. The van der Waals surface area contributed by atoms with Crippen molar-refractivity contribution in [3.8, 4) is 46.0 Å². The first-order valence-corrected chi connectivity index (χ1v) is 26.2. The molecule has 0 aliphatic carbocycles. The van der Waals surface area contributed by atoms with Gasteiger partial charge in [0.2, 0.25) is 0 Å². The summed E-state index contributed by atoms with van der Waals surface area (Å²) in [5, 5.41) is 13.8. The van der Waals surface area contributed by atoms with Gasteiger partial charge < -0.3 is 65.4 Å². The van der Waals surface area contributed by atoms with E-state index in [-0.39, 0.29) is 30.2 Å². The minimum atomic E-state index is -0.459. The quantitative estimate of drug-likeness (QED) is 0.0344. The standard InChI is InChI=1S/C20H16O5.C14H20O5.C10H9BrO2.C10H8O3.C8H8O3/c1-12-8-19(21)25-18-10-14(6-7-16(12)18)23-11-15-9-13-4-3-5-17(22-2)20(13)24-15;1-4-17-13(18-5-2)10-19-14-11(9-15)7-6-8-12(14)16-3;2*1-12-9-4-2-3-7-5-8(6-11)13-10(7)9;1-11-7-4-2-3-6(5-9)8(7)10/h3-10H,11H2,1-2H3;6-9,13H,4-5,10H2,1-3H3;2-5H,6H2,1H3;2-6H,1H3;2-5,10H,1H3. The van der Waals surface area contributed by atoms with Crippen LogP contribution in [0.4, 0.5) is 0 Å². The Kier molecular flexibility index (Phi) is 23.4. The molecule has 81 heavy (non-hydrogen) atoms. The van der Waals surface area contributed by atoms with Crippen LogP contribution in [0.1, 0.15) is 62.2 Å². The first-order valence-electron chi connectivity index (χ1n) is 25.0. The molecular formula is C62H61BrO18. The number of hydrogen-bond donors (Lipinski definition) is 1. The van der Waals surface area contributed by atoms with Crippen LogP contribution in [-0.2, 0) is 21.4 Å². The number of benzene rings is 6. The van der Waals surface area contributed by atoms with E-state index in [0.717, 1.165) is 55.8 Å². The van der Waals surface area contributed by atoms with Crippen LogP contribution in [0.2, 0.25) is 0 Å². The van der Waals surface area contributed by atoms with Crippen molar-refractivity contribution in [3.05, 3.63) is 178 Å². The number of phenolic OH excluding ortho intramolecular Hbond substituents is 1. The topological polar surface area (TPSA) is 224 Å². The van der Waals surface area contributed by atoms with Gasteiger partial charge in [-0.15, -0.1) is 0 Å². The van der Waals surface area contributed by atoms with Gasteiger partial charge in [0.15, 0.2) is 87.9 Å². The lowest BCUT2D eigenvalue weighted by Crippen LogP contribution is -2.25. The maximum absolute atomic E-state index is 11.5. The first kappa shape index (κ1) is 61.2. The van der Waals surface area contributed by atoms with Crippen molar-refractivity contribution in [2.75, 3.05) is 55.4 Å². The molecular weight excluding hydrogens is 1110 g/mol. The smallest absolute Gasteiger partial charge is 0.336 e. The van der Waals surface area contributed by atoms with Crippen molar-refractivity contribution in [2.45, 2.75) is 39.0 Å². The molecule has 0 amide bonds. The lowest BCUT2D eigenvalue weighted by molar-refractivity contribution is -0.152. The van der Waals surface area contributed by atoms with E-state index in [0.29, 0.717) is 94.1 Å². The first-order chi connectivity index (χ1) is 39.4. The lowest BCUT2D eigenvalue weighted by Gasteiger charge is -2.19. The molecule has 0 fully saturated rings. The SMILES string of the molecule is CCOC(COc1c(C=O)cccc1OC)OCC.COc1cccc(C=O)c1O.COc1cccc2cc(C=O)oc12.COc1cccc2cc(CBr)oc12.COc1cccc2cc(COc3ccc4c(C)cc(=O)oc4c3)oc12. The highest BCUT2D eigenvalue weighted by atomic mass is 79.9. The summed E-state index contributed by atoms with van der Waals surface area (Å²) in [6, 6.07) is 39.5. The fourth-order valence-corrected chi connectivity index (χ4v) is 8.15. The number of carbonyl (C=O) groups is 3. The molecule has 10 aromatic rings. The maximum atomic E-state index is 11.5. The summed E-state index contributed by atoms with van der Waals surface area (Å²) in [6.45, 7) is 7.16. The van der Waals surface area contributed by atoms with Gasteiger partial charge in [-0.05, 0) is 99.1 Å². The van der Waals surface area contributed by atoms with Gasteiger partial charge in [-0.2, -0.15) is 0 Å². The maximum Gasteiger partial charge on any atom is 0.336 e. The summed E-state index contributed by atoms with van der Waals surface area (Å²) in [5.41, 5.74) is 3.83. The van der Waals surface area contributed by atoms with Crippen LogP contribution in [0.3, 0.4) is 0 Å². The van der Waals surface area contributed by atoms with Gasteiger partial charge in [-0.3, -0.25) is 14.4 Å². The van der Waals surface area contributed by atoms with Crippen molar-refractivity contribution in [1.29, 1.82) is 0 Å². The van der Waals surface area contributed by atoms with Gasteiger partial charge in [0.1, 0.15) is 36.1 Å². The number of furan rings is 3. The van der Waals surface area contributed by atoms with Crippen molar-refractivity contribution < 1.29 is 79.8 Å². The molecule has 19 heteroatoms. The minimum absolute atomic E-state index is 0.106. The molecule has 1 N–H and O–H groups in total. The fraction of sp³-hybridized carbons (Fsp3) is 0.226. The average Bonchev–Trinajstić information content (AvgIpc) is 4.26. The highest BCUT2D eigenvalue weighted by Crippen LogP contribution is 2.33. The molecule has 0 spiro atoms. The number of carbonyl (C=O) groups excluding carboxylic acids is 3. The predicted octanol–water partition coefficient (Wildman–Crippen LogP) is 13.5. The molecule has 10 rings (SSSR count). The van der Waals surface area contributed by atoms with Crippen LogP contribution in [0.25, 0.3) is 43.9 Å². The fourth-order valence-electron chi connectivity index (χ4n) is 7.87. The van der Waals surface area contributed by atoms with Crippen LogP contribution in [0.15, 0.2) is 156 Å². The number of aryl methyl sites for hydroxylation is 1. The molecule has 0 saturated heterocycles. The number of fused-ring (bicyclic) bond motifs is 4. The Bertz CT molecular complexity index is 3700. The summed E-state index contributed by atoms with van der Waals surface area (Å²) < 4.78 is 69.5. The lowest BCUT2D eigenvalue weighted by atomic mass is 10.1. The van der Waals surface area contributed by atoms with E-state index in [2.05, 4.69) is 15.9 Å². The molecule has 0 bridgehead atoms. The van der Waals surface area contributed by atoms with Gasteiger partial charge in [-0.25, -0.2) is 4.79 Å². The number of phenols is 1. The van der Waals surface area contributed by atoms with Crippen molar-refractivity contribution in [1.82, 2.24) is 0 Å². The van der Waals surface area contributed by atoms with Crippen LogP contribution < -0.4 is 38.8 Å². The van der Waals surface area contributed by atoms with Gasteiger partial charge >= 0.3 is 5.63 Å². The average molecular weight is 1170 g/mol. The van der Waals surface area contributed by atoms with Gasteiger partial charge in [0.25, 0.3) is 0 Å². The second-order valence-electron chi connectivity index (χ2n) is 16.8. The van der Waals surface area contributed by atoms with E-state index in [1.807, 2.05) is 93.6 Å². The minimum Gasteiger partial charge on any atom is -0.504 e. The number of halogens is 1. The number of ether oxygens (including phenoxy) is 9. The molecule has 0 unspecified atom stereocenters. The Morgan fingerprint density at radius 2 is 1.05 bits per heavy atom. The number of hydrogen-bond acceptors (Lipinski definition) is 18. The highest BCUT2D eigenvalue weighted by molar-refractivity contribution is 9.08. The van der Waals surface area contributed by atoms with Crippen LogP contribution >= 0.6 is 15.9 Å². The Morgan fingerprint density at radius 3 is 1.59 bits per heavy atom. The number of para-hydroxylation sites is 5. The van der Waals surface area contributed by atoms with E-state index in [9.17, 15) is 24.3 Å². The summed E-state index contributed by atoms with van der Waals surface area (Å²) >= 11 is 3.35. The zero-order valence-electron chi connectivity index (χ0n) is 45.8. The second-order valence-corrected chi connectivity index (χ2v) is 17.4. The number of aldehydes is 3. The highest BCUT2D eigenvalue weighted by Gasteiger charge is 2.16. The Balaban J connectivity index is 0.000000169. The molecule has 18 nitrogen and oxygen atoms in total. The molecule has 424 valence electrons. The normalized spacial score (nSPS) is 10.5. The molecule has 4 aromatic heterocycles. The van der Waals surface area contributed by atoms with Crippen molar-refractivity contribution in [2.24, 2.45) is 0 Å². The molecule has 0 atom stereocenters. The molecule has 0 aliphatic heterocycles. The molecule has 0 radical (unpaired) electrons. The molecule has 0 saturated carbocycles. The van der Waals surface area contributed by atoms with Crippen molar-refractivity contribution >= 4 is 78.7 Å². The van der Waals surface area contributed by atoms with Crippen molar-refractivity contribution in [3.63, 3.8) is 0 Å². The molecule has 6 aromatic carbocycles. The Hall–Kier alpha value is -9.04. The Morgan fingerprint density at radius 1 is 0.543 bits per heavy atom. The molecule has 0 aliphatic rings. The van der Waals surface area contributed by atoms with E-state index in [1.165, 1.54) is 26.4 Å². The third kappa shape index (κ3) is 16.3. The summed E-state index contributed by atoms with van der Waals surface area (Å²) in [7, 11) is 7.78. The predicted molar refractivity (Wildman–Crippen MR) is 309 cm³/mol. The van der Waals surface area contributed by atoms with E-state index >= 15 is 0 Å². The number of methoxy groups -OCH3 is 5. The van der Waals surface area contributed by atoms with Crippen LogP contribution in [0.5, 0.6) is 46.0 Å². The zero-order valence-corrected chi connectivity index (χ0v) is 47.4. The third-order valence-electron chi connectivity index (χ3n) is 11.7. The van der Waals surface area contributed by atoms with Crippen LogP contribution in [0, 0.1) is 6.92 Å². The second kappa shape index (κ2) is 30.9. The largest absolute Gasteiger partial charge is 0.504 e. The number of alkyl halides is 1. The summed E-state index contributed by atoms with van der Waals surface area (Å²) in [4.78, 5) is 43.2. The molecule has 4 heterocycles. The third-order valence-corrected chi connectivity index (χ3v) is 12.2.